The summed E-state index contributed by atoms with van der Waals surface area (Å²) in [6, 6.07) is 16.1. The summed E-state index contributed by atoms with van der Waals surface area (Å²) in [6.45, 7) is 2.71. The Kier molecular flexibility index (Phi) is 4.79. The molecule has 6 heteroatoms. The fourth-order valence-electron chi connectivity index (χ4n) is 2.63. The molecule has 1 atom stereocenters. The number of aliphatic imine (C=N–C) groups is 1. The van der Waals surface area contributed by atoms with E-state index < -0.39 is 11.9 Å². The molecule has 0 saturated carbocycles. The molecule has 0 aliphatic carbocycles. The molecule has 25 heavy (non-hydrogen) atoms. The highest BCUT2D eigenvalue weighted by atomic mass is 16.2. The van der Waals surface area contributed by atoms with Gasteiger partial charge in [0.1, 0.15) is 0 Å². The van der Waals surface area contributed by atoms with Crippen LogP contribution < -0.4 is 10.6 Å². The van der Waals surface area contributed by atoms with Crippen molar-refractivity contribution in [3.05, 3.63) is 71.3 Å². The number of carbonyl (C=O) groups excluding carboxylic acids is 2. The zero-order chi connectivity index (χ0) is 17.8. The molecular weight excluding hydrogens is 316 g/mol. The monoisotopic (exact) mass is 336 g/mol. The quantitative estimate of drug-likeness (QED) is 0.885. The van der Waals surface area contributed by atoms with E-state index in [0.29, 0.717) is 18.1 Å². The number of amides is 3. The molecule has 1 aliphatic rings. The molecule has 0 aromatic heterocycles. The summed E-state index contributed by atoms with van der Waals surface area (Å²) in [5.41, 5.74) is 2.71. The average Bonchev–Trinajstić information content (AvgIpc) is 2.96. The third kappa shape index (κ3) is 4.03. The van der Waals surface area contributed by atoms with E-state index in [-0.39, 0.29) is 6.04 Å². The predicted octanol–water partition coefficient (Wildman–Crippen LogP) is 2.48. The molecule has 2 aromatic rings. The lowest BCUT2D eigenvalue weighted by molar-refractivity contribution is 0.0965. The van der Waals surface area contributed by atoms with Crippen LogP contribution in [0.4, 0.5) is 4.79 Å². The van der Waals surface area contributed by atoms with Gasteiger partial charge in [0, 0.05) is 19.2 Å². The molecule has 0 saturated heterocycles. The molecule has 2 aromatic carbocycles. The predicted molar refractivity (Wildman–Crippen MR) is 96.4 cm³/mol. The van der Waals surface area contributed by atoms with Crippen molar-refractivity contribution >= 4 is 17.9 Å². The fraction of sp³-hybridized carbons (Fsp3) is 0.211. The Balaban J connectivity index is 1.63. The first-order valence-corrected chi connectivity index (χ1v) is 8.06. The van der Waals surface area contributed by atoms with Crippen LogP contribution in [0.2, 0.25) is 0 Å². The number of likely N-dealkylation sites (N-methyl/N-ethyl adjacent to an activating group) is 1. The second-order valence-electron chi connectivity index (χ2n) is 6.03. The van der Waals surface area contributed by atoms with Gasteiger partial charge in [-0.2, -0.15) is 0 Å². The Morgan fingerprint density at radius 1 is 1.08 bits per heavy atom. The summed E-state index contributed by atoms with van der Waals surface area (Å²) in [5.74, 6) is -0.00151. The summed E-state index contributed by atoms with van der Waals surface area (Å²) in [4.78, 5) is 30.5. The van der Waals surface area contributed by atoms with Crippen LogP contribution in [0.25, 0.3) is 0 Å². The van der Waals surface area contributed by atoms with Gasteiger partial charge in [-0.1, -0.05) is 48.0 Å². The topological polar surface area (TPSA) is 73.8 Å². The lowest BCUT2D eigenvalue weighted by Crippen LogP contribution is -2.46. The van der Waals surface area contributed by atoms with Crippen molar-refractivity contribution in [2.75, 3.05) is 13.6 Å². The van der Waals surface area contributed by atoms with Gasteiger partial charge in [-0.3, -0.25) is 15.4 Å². The van der Waals surface area contributed by atoms with Gasteiger partial charge >= 0.3 is 6.03 Å². The molecular formula is C19H20N4O2. The van der Waals surface area contributed by atoms with Gasteiger partial charge in [0.15, 0.2) is 0 Å². The van der Waals surface area contributed by atoms with Crippen molar-refractivity contribution < 1.29 is 9.59 Å². The first-order valence-electron chi connectivity index (χ1n) is 8.06. The van der Waals surface area contributed by atoms with Gasteiger partial charge in [0.05, 0.1) is 6.04 Å². The van der Waals surface area contributed by atoms with Crippen molar-refractivity contribution in [3.8, 4) is 0 Å². The first kappa shape index (κ1) is 16.7. The van der Waals surface area contributed by atoms with Crippen molar-refractivity contribution in [3.63, 3.8) is 0 Å². The van der Waals surface area contributed by atoms with Crippen LogP contribution in [0.15, 0.2) is 59.6 Å². The maximum Gasteiger partial charge on any atom is 0.328 e. The number of imide groups is 1. The Morgan fingerprint density at radius 2 is 1.76 bits per heavy atom. The molecule has 1 unspecified atom stereocenters. The number of aryl methyl sites for hydroxylation is 1. The van der Waals surface area contributed by atoms with Gasteiger partial charge in [0.25, 0.3) is 5.91 Å². The molecule has 1 aliphatic heterocycles. The maximum atomic E-state index is 12.1. The van der Waals surface area contributed by atoms with E-state index >= 15 is 0 Å². The molecule has 0 bridgehead atoms. The van der Waals surface area contributed by atoms with E-state index in [2.05, 4.69) is 15.6 Å². The second kappa shape index (κ2) is 7.17. The lowest BCUT2D eigenvalue weighted by atomic mass is 10.1. The SMILES string of the molecule is Cc1ccc(C2CN(C)C(NC(=O)NC(=O)c3ccccc3)=N2)cc1. The van der Waals surface area contributed by atoms with Gasteiger partial charge in [-0.15, -0.1) is 0 Å². The Bertz CT molecular complexity index is 800. The minimum absolute atomic E-state index is 0.0364. The Morgan fingerprint density at radius 3 is 2.44 bits per heavy atom. The Hall–Kier alpha value is -3.15. The number of hydrogen-bond acceptors (Lipinski definition) is 4. The summed E-state index contributed by atoms with van der Waals surface area (Å²) in [5, 5.41) is 4.95. The fourth-order valence-corrected chi connectivity index (χ4v) is 2.63. The van der Waals surface area contributed by atoms with Crippen LogP contribution in [0, 0.1) is 6.92 Å². The highest BCUT2D eigenvalue weighted by molar-refractivity contribution is 6.08. The van der Waals surface area contributed by atoms with Crippen molar-refractivity contribution in [1.82, 2.24) is 15.5 Å². The standard InChI is InChI=1S/C19H20N4O2/c1-13-8-10-14(11-9-13)16-12-23(2)18(20-16)22-19(25)21-17(24)15-6-4-3-5-7-15/h3-11,16H,12H2,1-2H3,(H2,20,21,22,24,25). The molecule has 2 N–H and O–H groups in total. The van der Waals surface area contributed by atoms with E-state index in [0.717, 1.165) is 5.56 Å². The van der Waals surface area contributed by atoms with Crippen LogP contribution in [0.3, 0.4) is 0 Å². The average molecular weight is 336 g/mol. The zero-order valence-corrected chi connectivity index (χ0v) is 14.2. The van der Waals surface area contributed by atoms with Crippen LogP contribution in [-0.4, -0.2) is 36.4 Å². The molecule has 3 amide bonds. The lowest BCUT2D eigenvalue weighted by Gasteiger charge is -2.15. The van der Waals surface area contributed by atoms with Crippen LogP contribution in [-0.2, 0) is 0 Å². The van der Waals surface area contributed by atoms with Crippen molar-refractivity contribution in [2.45, 2.75) is 13.0 Å². The van der Waals surface area contributed by atoms with E-state index in [4.69, 9.17) is 0 Å². The number of carbonyl (C=O) groups is 2. The summed E-state index contributed by atoms with van der Waals surface area (Å²) < 4.78 is 0. The van der Waals surface area contributed by atoms with Crippen LogP contribution in [0.1, 0.15) is 27.5 Å². The van der Waals surface area contributed by atoms with Crippen molar-refractivity contribution in [1.29, 1.82) is 0 Å². The number of urea groups is 1. The zero-order valence-electron chi connectivity index (χ0n) is 14.2. The Labute approximate surface area is 146 Å². The van der Waals surface area contributed by atoms with Crippen LogP contribution >= 0.6 is 0 Å². The van der Waals surface area contributed by atoms with E-state index in [1.54, 1.807) is 24.3 Å². The summed E-state index contributed by atoms with van der Waals surface area (Å²) in [6.07, 6.45) is 0. The molecule has 6 nitrogen and oxygen atoms in total. The number of nitrogens with one attached hydrogen (secondary N) is 2. The highest BCUT2D eigenvalue weighted by Gasteiger charge is 2.25. The molecule has 128 valence electrons. The van der Waals surface area contributed by atoms with Gasteiger partial charge < -0.3 is 4.90 Å². The molecule has 0 fully saturated rings. The number of guanidine groups is 1. The third-order valence-corrected chi connectivity index (χ3v) is 4.04. The number of rotatable bonds is 2. The van der Waals surface area contributed by atoms with Gasteiger partial charge in [-0.25, -0.2) is 9.79 Å². The molecule has 1 heterocycles. The minimum atomic E-state index is -0.594. The maximum absolute atomic E-state index is 12.1. The molecule has 0 spiro atoms. The molecule has 0 radical (unpaired) electrons. The highest BCUT2D eigenvalue weighted by Crippen LogP contribution is 2.23. The summed E-state index contributed by atoms with van der Waals surface area (Å²) >= 11 is 0. The van der Waals surface area contributed by atoms with E-state index in [1.165, 1.54) is 5.56 Å². The van der Waals surface area contributed by atoms with E-state index in [9.17, 15) is 9.59 Å². The minimum Gasteiger partial charge on any atom is -0.343 e. The third-order valence-electron chi connectivity index (χ3n) is 4.04. The van der Waals surface area contributed by atoms with Gasteiger partial charge in [-0.05, 0) is 24.6 Å². The van der Waals surface area contributed by atoms with Crippen LogP contribution in [0.5, 0.6) is 0 Å². The second-order valence-corrected chi connectivity index (χ2v) is 6.03. The largest absolute Gasteiger partial charge is 0.343 e. The smallest absolute Gasteiger partial charge is 0.328 e. The van der Waals surface area contributed by atoms with E-state index in [1.807, 2.05) is 49.2 Å². The number of nitrogens with zero attached hydrogens (tertiary/aromatic N) is 2. The number of benzene rings is 2. The van der Waals surface area contributed by atoms with Gasteiger partial charge in [0.2, 0.25) is 5.96 Å². The normalized spacial score (nSPS) is 16.3. The molecule has 3 rings (SSSR count). The van der Waals surface area contributed by atoms with Crippen molar-refractivity contribution in [2.24, 2.45) is 4.99 Å². The number of hydrogen-bond donors (Lipinski definition) is 2. The summed E-state index contributed by atoms with van der Waals surface area (Å²) in [7, 11) is 1.85. The first-order chi connectivity index (χ1) is 12.0.